The van der Waals surface area contributed by atoms with Gasteiger partial charge in [-0.05, 0) is 49.2 Å². The highest BCUT2D eigenvalue weighted by Gasteiger charge is 2.73. The van der Waals surface area contributed by atoms with Gasteiger partial charge < -0.3 is 14.2 Å². The lowest BCUT2D eigenvalue weighted by molar-refractivity contribution is -0.155. The van der Waals surface area contributed by atoms with Gasteiger partial charge in [-0.15, -0.1) is 0 Å². The summed E-state index contributed by atoms with van der Waals surface area (Å²) in [7, 11) is 1.32. The number of allylic oxidation sites excluding steroid dienone is 2. The van der Waals surface area contributed by atoms with Gasteiger partial charge in [0.05, 0.1) is 12.5 Å². The average Bonchev–Trinajstić information content (AvgIpc) is 3.21. The molecule has 0 radical (unpaired) electrons. The zero-order valence-electron chi connectivity index (χ0n) is 19.4. The van der Waals surface area contributed by atoms with E-state index in [9.17, 15) is 19.2 Å². The van der Waals surface area contributed by atoms with E-state index in [0.29, 0.717) is 18.8 Å². The van der Waals surface area contributed by atoms with Gasteiger partial charge in [0.1, 0.15) is 12.2 Å². The molecular formula is C25H34O7. The van der Waals surface area contributed by atoms with Crippen LogP contribution in [0.3, 0.4) is 0 Å². The van der Waals surface area contributed by atoms with Gasteiger partial charge in [-0.1, -0.05) is 31.9 Å². The van der Waals surface area contributed by atoms with Crippen molar-refractivity contribution in [2.24, 2.45) is 29.1 Å². The van der Waals surface area contributed by atoms with E-state index in [-0.39, 0.29) is 48.0 Å². The van der Waals surface area contributed by atoms with Gasteiger partial charge in [0.2, 0.25) is 0 Å². The van der Waals surface area contributed by atoms with E-state index in [4.69, 9.17) is 14.2 Å². The van der Waals surface area contributed by atoms with Gasteiger partial charge in [0.25, 0.3) is 0 Å². The molecule has 1 unspecified atom stereocenters. The maximum atomic E-state index is 13.2. The second kappa shape index (κ2) is 10.0. The molecule has 0 aromatic heterocycles. The number of esters is 3. The third kappa shape index (κ3) is 4.39. The van der Waals surface area contributed by atoms with Crippen molar-refractivity contribution < 1.29 is 33.4 Å². The SMILES string of the molecule is CCCC[C@H]1[C@@H](/C=C/[C@@H](CCC(=O)OC)OC(C)=O)[C@]23C(=O)C=CC2[C@H](OC(C)=O)C[C@H]13. The predicted octanol–water partition coefficient (Wildman–Crippen LogP) is 3.56. The Labute approximate surface area is 189 Å². The lowest BCUT2D eigenvalue weighted by atomic mass is 9.44. The van der Waals surface area contributed by atoms with Crippen LogP contribution in [0.5, 0.6) is 0 Å². The van der Waals surface area contributed by atoms with E-state index in [1.807, 2.05) is 18.2 Å². The van der Waals surface area contributed by atoms with Gasteiger partial charge in [-0.3, -0.25) is 19.2 Å². The van der Waals surface area contributed by atoms with E-state index in [2.05, 4.69) is 6.92 Å². The topological polar surface area (TPSA) is 96.0 Å². The van der Waals surface area contributed by atoms with Crippen molar-refractivity contribution in [3.05, 3.63) is 24.3 Å². The minimum absolute atomic E-state index is 0.0247. The molecule has 0 aromatic carbocycles. The molecule has 176 valence electrons. The molecule has 7 heteroatoms. The quantitative estimate of drug-likeness (QED) is 0.288. The van der Waals surface area contributed by atoms with Crippen LogP contribution < -0.4 is 0 Å². The van der Waals surface area contributed by atoms with E-state index in [1.165, 1.54) is 21.0 Å². The molecule has 7 atom stereocenters. The minimum Gasteiger partial charge on any atom is -0.469 e. The molecule has 0 amide bonds. The van der Waals surface area contributed by atoms with Crippen molar-refractivity contribution in [3.8, 4) is 0 Å². The lowest BCUT2D eigenvalue weighted by Crippen LogP contribution is -2.58. The highest BCUT2D eigenvalue weighted by atomic mass is 16.5. The highest BCUT2D eigenvalue weighted by molar-refractivity contribution is 6.00. The van der Waals surface area contributed by atoms with Crippen LogP contribution in [0.4, 0.5) is 0 Å². The molecule has 3 aliphatic carbocycles. The first-order valence-electron chi connectivity index (χ1n) is 11.6. The fourth-order valence-electron chi connectivity index (χ4n) is 6.23. The smallest absolute Gasteiger partial charge is 0.305 e. The van der Waals surface area contributed by atoms with Gasteiger partial charge in [0, 0.05) is 26.2 Å². The summed E-state index contributed by atoms with van der Waals surface area (Å²) < 4.78 is 15.7. The maximum Gasteiger partial charge on any atom is 0.305 e. The van der Waals surface area contributed by atoms with Gasteiger partial charge in [-0.2, -0.15) is 0 Å². The van der Waals surface area contributed by atoms with Crippen molar-refractivity contribution in [1.82, 2.24) is 0 Å². The molecule has 3 rings (SSSR count). The normalized spacial score (nSPS) is 33.4. The second-order valence-corrected chi connectivity index (χ2v) is 9.15. The van der Waals surface area contributed by atoms with Crippen molar-refractivity contribution in [2.45, 2.75) is 71.5 Å². The van der Waals surface area contributed by atoms with Crippen LogP contribution >= 0.6 is 0 Å². The van der Waals surface area contributed by atoms with Gasteiger partial charge in [0.15, 0.2) is 5.78 Å². The highest BCUT2D eigenvalue weighted by Crippen LogP contribution is 2.71. The molecule has 3 aliphatic rings. The molecule has 0 saturated heterocycles. The van der Waals surface area contributed by atoms with Crippen LogP contribution in [0.1, 0.15) is 59.3 Å². The molecule has 0 aliphatic heterocycles. The van der Waals surface area contributed by atoms with Crippen LogP contribution in [0.25, 0.3) is 0 Å². The first kappa shape index (κ1) is 24.2. The largest absolute Gasteiger partial charge is 0.469 e. The zero-order chi connectivity index (χ0) is 23.5. The average molecular weight is 447 g/mol. The van der Waals surface area contributed by atoms with Crippen molar-refractivity contribution >= 4 is 23.7 Å². The fourth-order valence-corrected chi connectivity index (χ4v) is 6.23. The number of unbranched alkanes of at least 4 members (excludes halogenated alkanes) is 1. The molecule has 0 heterocycles. The lowest BCUT2D eigenvalue weighted by Gasteiger charge is -2.57. The molecule has 2 fully saturated rings. The van der Waals surface area contributed by atoms with E-state index in [1.54, 1.807) is 6.08 Å². The Kier molecular flexibility index (Phi) is 7.57. The number of carbonyl (C=O) groups excluding carboxylic acids is 4. The Morgan fingerprint density at radius 1 is 1.25 bits per heavy atom. The Morgan fingerprint density at radius 2 is 2.00 bits per heavy atom. The Balaban J connectivity index is 1.86. The number of rotatable bonds is 10. The number of hydrogen-bond acceptors (Lipinski definition) is 7. The molecule has 0 aromatic rings. The Morgan fingerprint density at radius 3 is 2.62 bits per heavy atom. The van der Waals surface area contributed by atoms with Gasteiger partial charge in [-0.25, -0.2) is 0 Å². The summed E-state index contributed by atoms with van der Waals surface area (Å²) in [5, 5.41) is 0. The van der Waals surface area contributed by atoms with Crippen molar-refractivity contribution in [1.29, 1.82) is 0 Å². The third-order valence-corrected chi connectivity index (χ3v) is 7.38. The summed E-state index contributed by atoms with van der Waals surface area (Å²) in [4.78, 5) is 48.0. The number of ketones is 1. The summed E-state index contributed by atoms with van der Waals surface area (Å²) in [6, 6.07) is 0. The molecule has 1 spiro atoms. The minimum atomic E-state index is -0.585. The van der Waals surface area contributed by atoms with Crippen molar-refractivity contribution in [3.63, 3.8) is 0 Å². The van der Waals surface area contributed by atoms with E-state index >= 15 is 0 Å². The molecule has 0 N–H and O–H groups in total. The van der Waals surface area contributed by atoms with Crippen LogP contribution in [-0.4, -0.2) is 43.0 Å². The van der Waals surface area contributed by atoms with E-state index < -0.39 is 17.5 Å². The number of carbonyl (C=O) groups is 4. The number of hydrogen-bond donors (Lipinski definition) is 0. The first-order chi connectivity index (χ1) is 15.2. The maximum absolute atomic E-state index is 13.2. The molecule has 7 nitrogen and oxygen atoms in total. The van der Waals surface area contributed by atoms with E-state index in [0.717, 1.165) is 19.3 Å². The van der Waals surface area contributed by atoms with Gasteiger partial charge >= 0.3 is 17.9 Å². The summed E-state index contributed by atoms with van der Waals surface area (Å²) in [6.07, 6.45) is 10.8. The third-order valence-electron chi connectivity index (χ3n) is 7.38. The molecule has 32 heavy (non-hydrogen) atoms. The molecular weight excluding hydrogens is 412 g/mol. The standard InChI is InChI=1S/C25H34O7/c1-5-6-7-18-19(10-8-17(31-15(2)26)9-13-24(29)30-4)25-20(11-12-23(25)28)22(14-21(18)25)32-16(3)27/h8,10-12,17-22H,5-7,9,13-14H2,1-4H3/b10-8+/t17-,18-,19+,20?,21+,22+,25-/m0/s1. The second-order valence-electron chi connectivity index (χ2n) is 9.15. The Bertz CT molecular complexity index is 813. The first-order valence-corrected chi connectivity index (χ1v) is 11.6. The number of methoxy groups -OCH3 is 1. The van der Waals surface area contributed by atoms with Crippen LogP contribution in [0.15, 0.2) is 24.3 Å². The van der Waals surface area contributed by atoms with Crippen LogP contribution in [0.2, 0.25) is 0 Å². The fraction of sp³-hybridized carbons (Fsp3) is 0.680. The summed E-state index contributed by atoms with van der Waals surface area (Å²) in [5.74, 6) is -0.698. The van der Waals surface area contributed by atoms with Crippen LogP contribution in [-0.2, 0) is 33.4 Å². The van der Waals surface area contributed by atoms with Crippen LogP contribution in [0, 0.1) is 29.1 Å². The molecule has 0 bridgehead atoms. The Hall–Kier alpha value is -2.44. The predicted molar refractivity (Wildman–Crippen MR) is 116 cm³/mol. The summed E-state index contributed by atoms with van der Waals surface area (Å²) in [5.41, 5.74) is -0.585. The zero-order valence-corrected chi connectivity index (χ0v) is 19.4. The molecule has 2 saturated carbocycles. The van der Waals surface area contributed by atoms with Crippen molar-refractivity contribution in [2.75, 3.05) is 7.11 Å². The number of ether oxygens (including phenoxy) is 3. The summed E-state index contributed by atoms with van der Waals surface area (Å²) in [6.45, 7) is 4.89. The summed E-state index contributed by atoms with van der Waals surface area (Å²) >= 11 is 0. The monoisotopic (exact) mass is 446 g/mol.